The molecule has 5 heteroatoms. The Morgan fingerprint density at radius 1 is 1.14 bits per heavy atom. The van der Waals surface area contributed by atoms with Crippen LogP contribution in [0.15, 0.2) is 24.3 Å². The Kier molecular flexibility index (Phi) is 6.49. The molecule has 0 saturated heterocycles. The van der Waals surface area contributed by atoms with E-state index in [1.165, 1.54) is 6.92 Å². The van der Waals surface area contributed by atoms with Gasteiger partial charge in [-0.1, -0.05) is 39.8 Å². The predicted octanol–water partition coefficient (Wildman–Crippen LogP) is 3.93. The van der Waals surface area contributed by atoms with E-state index in [2.05, 4.69) is 32.6 Å². The van der Waals surface area contributed by atoms with Crippen LogP contribution in [0.4, 0.5) is 0 Å². The Hall–Kier alpha value is -1.75. The predicted molar refractivity (Wildman–Crippen MR) is 78.7 cm³/mol. The standard InChI is InChI=1S/C16H24O5/c1-12(10-16(3,4)5)11-18-20-14-8-6-7-9-15(14)21-19-13(2)17/h6-9,12H,10-11H2,1-5H3. The minimum absolute atomic E-state index is 0.249. The van der Waals surface area contributed by atoms with Crippen LogP contribution in [0.1, 0.15) is 41.0 Å². The molecule has 0 aliphatic rings. The largest absolute Gasteiger partial charge is 0.352 e. The molecule has 118 valence electrons. The number of carbonyl (C=O) groups excluding carboxylic acids is 1. The van der Waals surface area contributed by atoms with Crippen LogP contribution in [0.25, 0.3) is 0 Å². The summed E-state index contributed by atoms with van der Waals surface area (Å²) in [5.74, 6) is 0.481. The second kappa shape index (κ2) is 7.88. The van der Waals surface area contributed by atoms with Crippen molar-refractivity contribution in [2.75, 3.05) is 6.61 Å². The highest BCUT2D eigenvalue weighted by Crippen LogP contribution is 2.28. The zero-order chi connectivity index (χ0) is 15.9. The van der Waals surface area contributed by atoms with Gasteiger partial charge in [0.1, 0.15) is 0 Å². The fraction of sp³-hybridized carbons (Fsp3) is 0.562. The Morgan fingerprint density at radius 2 is 1.71 bits per heavy atom. The van der Waals surface area contributed by atoms with Gasteiger partial charge in [0, 0.05) is 6.92 Å². The number of carbonyl (C=O) groups is 1. The van der Waals surface area contributed by atoms with E-state index in [9.17, 15) is 4.79 Å². The highest BCUT2D eigenvalue weighted by Gasteiger charge is 2.16. The lowest BCUT2D eigenvalue weighted by molar-refractivity contribution is -0.230. The molecule has 1 unspecified atom stereocenters. The quantitative estimate of drug-likeness (QED) is 0.563. The Morgan fingerprint density at radius 3 is 2.24 bits per heavy atom. The summed E-state index contributed by atoms with van der Waals surface area (Å²) in [7, 11) is 0. The first-order valence-corrected chi connectivity index (χ1v) is 7.01. The van der Waals surface area contributed by atoms with E-state index < -0.39 is 5.97 Å². The van der Waals surface area contributed by atoms with Crippen molar-refractivity contribution in [2.45, 2.75) is 41.0 Å². The van der Waals surface area contributed by atoms with E-state index in [0.29, 0.717) is 18.3 Å². The highest BCUT2D eigenvalue weighted by atomic mass is 17.2. The van der Waals surface area contributed by atoms with Crippen molar-refractivity contribution in [3.8, 4) is 11.5 Å². The molecule has 1 rings (SSSR count). The second-order valence-electron chi connectivity index (χ2n) is 6.34. The van der Waals surface area contributed by atoms with Gasteiger partial charge in [0.05, 0.1) is 6.61 Å². The summed E-state index contributed by atoms with van der Waals surface area (Å²) in [5, 5.41) is 0. The van der Waals surface area contributed by atoms with E-state index in [0.717, 1.165) is 6.42 Å². The summed E-state index contributed by atoms with van der Waals surface area (Å²) in [6, 6.07) is 6.82. The fourth-order valence-electron chi connectivity index (χ4n) is 2.01. The molecule has 0 N–H and O–H groups in total. The lowest BCUT2D eigenvalue weighted by atomic mass is 9.86. The first kappa shape index (κ1) is 17.3. The summed E-state index contributed by atoms with van der Waals surface area (Å²) in [6.45, 7) is 10.4. The third-order valence-electron chi connectivity index (χ3n) is 2.56. The second-order valence-corrected chi connectivity index (χ2v) is 6.34. The highest BCUT2D eigenvalue weighted by molar-refractivity contribution is 5.65. The van der Waals surface area contributed by atoms with E-state index in [4.69, 9.17) is 14.7 Å². The average Bonchev–Trinajstić information content (AvgIpc) is 2.35. The van der Waals surface area contributed by atoms with E-state index >= 15 is 0 Å². The number of para-hydroxylation sites is 2. The molecule has 1 aromatic rings. The normalized spacial score (nSPS) is 12.6. The van der Waals surface area contributed by atoms with Crippen LogP contribution in [-0.4, -0.2) is 12.6 Å². The Labute approximate surface area is 126 Å². The molecule has 0 saturated carbocycles. The van der Waals surface area contributed by atoms with Crippen LogP contribution in [0.5, 0.6) is 11.5 Å². The summed E-state index contributed by atoms with van der Waals surface area (Å²) >= 11 is 0. The van der Waals surface area contributed by atoms with Crippen molar-refractivity contribution in [1.82, 2.24) is 0 Å². The van der Waals surface area contributed by atoms with Gasteiger partial charge >= 0.3 is 5.97 Å². The molecule has 0 fully saturated rings. The van der Waals surface area contributed by atoms with Crippen molar-refractivity contribution in [1.29, 1.82) is 0 Å². The van der Waals surface area contributed by atoms with Crippen molar-refractivity contribution < 1.29 is 24.3 Å². The molecule has 0 amide bonds. The van der Waals surface area contributed by atoms with Gasteiger partial charge in [0.15, 0.2) is 0 Å². The van der Waals surface area contributed by atoms with Crippen molar-refractivity contribution in [2.24, 2.45) is 11.3 Å². The molecular weight excluding hydrogens is 272 g/mol. The van der Waals surface area contributed by atoms with E-state index in [1.54, 1.807) is 24.3 Å². The van der Waals surface area contributed by atoms with Crippen LogP contribution in [0, 0.1) is 11.3 Å². The lowest BCUT2D eigenvalue weighted by Gasteiger charge is -2.22. The first-order valence-electron chi connectivity index (χ1n) is 7.01. The van der Waals surface area contributed by atoms with Crippen molar-refractivity contribution in [3.05, 3.63) is 24.3 Å². The SMILES string of the molecule is CC(=O)OOc1ccccc1OOCC(C)CC(C)(C)C. The fourth-order valence-corrected chi connectivity index (χ4v) is 2.01. The molecule has 0 spiro atoms. The number of hydrogen-bond donors (Lipinski definition) is 0. The summed E-state index contributed by atoms with van der Waals surface area (Å²) in [5.41, 5.74) is 0.249. The van der Waals surface area contributed by atoms with Gasteiger partial charge in [0.2, 0.25) is 11.5 Å². The van der Waals surface area contributed by atoms with Gasteiger partial charge < -0.3 is 4.89 Å². The third kappa shape index (κ3) is 7.56. The monoisotopic (exact) mass is 296 g/mol. The molecule has 0 bridgehead atoms. The molecule has 0 aliphatic heterocycles. The molecule has 0 heterocycles. The first-order chi connectivity index (χ1) is 9.78. The van der Waals surface area contributed by atoms with Gasteiger partial charge in [-0.05, 0) is 29.9 Å². The summed E-state index contributed by atoms with van der Waals surface area (Å²) in [6.07, 6.45) is 1.03. The molecule has 1 atom stereocenters. The number of benzene rings is 1. The van der Waals surface area contributed by atoms with Gasteiger partial charge in [-0.15, -0.1) is 0 Å². The minimum atomic E-state index is -0.537. The van der Waals surface area contributed by atoms with Crippen LogP contribution in [0.2, 0.25) is 0 Å². The molecule has 0 aliphatic carbocycles. The van der Waals surface area contributed by atoms with Crippen LogP contribution < -0.4 is 9.78 Å². The van der Waals surface area contributed by atoms with Crippen LogP contribution >= 0.6 is 0 Å². The third-order valence-corrected chi connectivity index (χ3v) is 2.56. The number of hydrogen-bond acceptors (Lipinski definition) is 5. The molecule has 21 heavy (non-hydrogen) atoms. The van der Waals surface area contributed by atoms with Crippen LogP contribution in [-0.2, 0) is 14.6 Å². The summed E-state index contributed by atoms with van der Waals surface area (Å²) < 4.78 is 0. The number of rotatable bonds is 7. The molecule has 5 nitrogen and oxygen atoms in total. The Bertz CT molecular complexity index is 450. The average molecular weight is 296 g/mol. The van der Waals surface area contributed by atoms with Crippen molar-refractivity contribution >= 4 is 5.97 Å². The van der Waals surface area contributed by atoms with Gasteiger partial charge in [-0.25, -0.2) is 4.79 Å². The molecule has 1 aromatic carbocycles. The molecule has 0 aromatic heterocycles. The molecule has 0 radical (unpaired) electrons. The van der Waals surface area contributed by atoms with Gasteiger partial charge in [-0.2, -0.15) is 4.89 Å². The maximum Gasteiger partial charge on any atom is 0.352 e. The lowest BCUT2D eigenvalue weighted by Crippen LogP contribution is -2.16. The van der Waals surface area contributed by atoms with Crippen molar-refractivity contribution in [3.63, 3.8) is 0 Å². The Balaban J connectivity index is 2.46. The smallest absolute Gasteiger partial charge is 0.333 e. The maximum absolute atomic E-state index is 10.7. The maximum atomic E-state index is 10.7. The topological polar surface area (TPSA) is 54.0 Å². The van der Waals surface area contributed by atoms with E-state index in [1.807, 2.05) is 0 Å². The van der Waals surface area contributed by atoms with Gasteiger partial charge in [0.25, 0.3) is 0 Å². The van der Waals surface area contributed by atoms with E-state index in [-0.39, 0.29) is 11.2 Å². The zero-order valence-electron chi connectivity index (χ0n) is 13.3. The summed E-state index contributed by atoms with van der Waals surface area (Å²) in [4.78, 5) is 30.6. The zero-order valence-corrected chi connectivity index (χ0v) is 13.3. The minimum Gasteiger partial charge on any atom is -0.333 e. The van der Waals surface area contributed by atoms with Crippen LogP contribution in [0.3, 0.4) is 0 Å². The van der Waals surface area contributed by atoms with Gasteiger partial charge in [-0.3, -0.25) is 9.78 Å². The molecular formula is C16H24O5.